The predicted molar refractivity (Wildman–Crippen MR) is 107 cm³/mol. The standard InChI is InChI=1S/C23H19F3N2O2/c24-23(25,26)19-8-4-7-18(14-19)22(30)28-20(21(27)29)13-15-9-11-17(12-10-15)16-5-2-1-3-6-16/h1-12,14,20H,13H2,(H2,27,29)(H,28,30)/t20-/m0/s1. The molecule has 0 spiro atoms. The number of nitrogens with two attached hydrogens (primary N) is 1. The Hall–Kier alpha value is -3.61. The molecule has 1 atom stereocenters. The maximum absolute atomic E-state index is 12.9. The van der Waals surface area contributed by atoms with Gasteiger partial charge in [0.1, 0.15) is 6.04 Å². The van der Waals surface area contributed by atoms with Crippen LogP contribution in [0.4, 0.5) is 13.2 Å². The van der Waals surface area contributed by atoms with Crippen LogP contribution in [0.1, 0.15) is 21.5 Å². The van der Waals surface area contributed by atoms with Gasteiger partial charge in [-0.05, 0) is 34.9 Å². The second kappa shape index (κ2) is 8.82. The third kappa shape index (κ3) is 5.26. The number of primary amides is 1. The van der Waals surface area contributed by atoms with Crippen molar-refractivity contribution in [1.29, 1.82) is 0 Å². The van der Waals surface area contributed by atoms with Crippen molar-refractivity contribution in [3.05, 3.63) is 95.6 Å². The fourth-order valence-electron chi connectivity index (χ4n) is 3.00. The molecule has 4 nitrogen and oxygen atoms in total. The normalized spacial score (nSPS) is 12.2. The molecule has 3 rings (SSSR count). The molecule has 3 N–H and O–H groups in total. The minimum Gasteiger partial charge on any atom is -0.368 e. The Labute approximate surface area is 171 Å². The van der Waals surface area contributed by atoms with Crippen LogP contribution in [-0.2, 0) is 17.4 Å². The van der Waals surface area contributed by atoms with E-state index in [-0.39, 0.29) is 12.0 Å². The van der Waals surface area contributed by atoms with Crippen molar-refractivity contribution in [1.82, 2.24) is 5.32 Å². The zero-order chi connectivity index (χ0) is 21.7. The van der Waals surface area contributed by atoms with Crippen LogP contribution in [0.5, 0.6) is 0 Å². The number of amides is 2. The van der Waals surface area contributed by atoms with Gasteiger partial charge in [0.15, 0.2) is 0 Å². The van der Waals surface area contributed by atoms with E-state index in [0.29, 0.717) is 0 Å². The zero-order valence-corrected chi connectivity index (χ0v) is 15.8. The number of alkyl halides is 3. The van der Waals surface area contributed by atoms with Crippen LogP contribution in [0, 0.1) is 0 Å². The molecule has 0 heterocycles. The highest BCUT2D eigenvalue weighted by molar-refractivity contribution is 5.97. The van der Waals surface area contributed by atoms with Crippen molar-refractivity contribution >= 4 is 11.8 Å². The molecule has 0 aromatic heterocycles. The Kier molecular flexibility index (Phi) is 6.20. The first-order valence-electron chi connectivity index (χ1n) is 9.16. The third-order valence-electron chi connectivity index (χ3n) is 4.60. The van der Waals surface area contributed by atoms with Gasteiger partial charge in [0, 0.05) is 12.0 Å². The largest absolute Gasteiger partial charge is 0.416 e. The lowest BCUT2D eigenvalue weighted by Crippen LogP contribution is -2.45. The molecule has 0 radical (unpaired) electrons. The Bertz CT molecular complexity index is 1030. The number of halogens is 3. The zero-order valence-electron chi connectivity index (χ0n) is 15.8. The molecule has 0 aliphatic heterocycles. The van der Waals surface area contributed by atoms with Crippen molar-refractivity contribution in [3.63, 3.8) is 0 Å². The molecule has 3 aromatic rings. The van der Waals surface area contributed by atoms with E-state index < -0.39 is 29.6 Å². The summed E-state index contributed by atoms with van der Waals surface area (Å²) < 4.78 is 38.6. The fraction of sp³-hybridized carbons (Fsp3) is 0.130. The maximum atomic E-state index is 12.9. The maximum Gasteiger partial charge on any atom is 0.416 e. The van der Waals surface area contributed by atoms with E-state index in [2.05, 4.69) is 5.32 Å². The van der Waals surface area contributed by atoms with Crippen LogP contribution in [0.25, 0.3) is 11.1 Å². The lowest BCUT2D eigenvalue weighted by molar-refractivity contribution is -0.137. The average Bonchev–Trinajstić information content (AvgIpc) is 2.74. The van der Waals surface area contributed by atoms with Gasteiger partial charge in [0.25, 0.3) is 5.91 Å². The first-order chi connectivity index (χ1) is 14.2. The lowest BCUT2D eigenvalue weighted by Gasteiger charge is -2.16. The Balaban J connectivity index is 1.72. The molecular weight excluding hydrogens is 393 g/mol. The molecule has 0 aliphatic rings. The smallest absolute Gasteiger partial charge is 0.368 e. The Morgan fingerprint density at radius 2 is 1.50 bits per heavy atom. The SMILES string of the molecule is NC(=O)[C@H](Cc1ccc(-c2ccccc2)cc1)NC(=O)c1cccc(C(F)(F)F)c1. The molecule has 0 saturated heterocycles. The molecule has 3 aromatic carbocycles. The lowest BCUT2D eigenvalue weighted by atomic mass is 10.00. The molecule has 0 fully saturated rings. The van der Waals surface area contributed by atoms with Crippen molar-refractivity contribution in [2.75, 3.05) is 0 Å². The number of nitrogens with one attached hydrogen (secondary N) is 1. The van der Waals surface area contributed by atoms with Gasteiger partial charge in [-0.2, -0.15) is 13.2 Å². The van der Waals surface area contributed by atoms with Gasteiger partial charge >= 0.3 is 6.18 Å². The summed E-state index contributed by atoms with van der Waals surface area (Å²) in [6.45, 7) is 0. The van der Waals surface area contributed by atoms with Gasteiger partial charge in [-0.1, -0.05) is 60.7 Å². The number of carbonyl (C=O) groups is 2. The second-order valence-corrected chi connectivity index (χ2v) is 6.77. The Morgan fingerprint density at radius 1 is 0.867 bits per heavy atom. The minimum atomic E-state index is -4.57. The molecule has 2 amide bonds. The van der Waals surface area contributed by atoms with E-state index >= 15 is 0 Å². The number of benzene rings is 3. The molecule has 0 bridgehead atoms. The number of hydrogen-bond acceptors (Lipinski definition) is 2. The molecular formula is C23H19F3N2O2. The van der Waals surface area contributed by atoms with E-state index in [1.807, 2.05) is 54.6 Å². The van der Waals surface area contributed by atoms with E-state index in [0.717, 1.165) is 34.9 Å². The van der Waals surface area contributed by atoms with Crippen LogP contribution in [0.15, 0.2) is 78.9 Å². The summed E-state index contributed by atoms with van der Waals surface area (Å²) in [6, 6.07) is 20.0. The summed E-state index contributed by atoms with van der Waals surface area (Å²) >= 11 is 0. The molecule has 7 heteroatoms. The van der Waals surface area contributed by atoms with Gasteiger partial charge in [0.05, 0.1) is 5.56 Å². The second-order valence-electron chi connectivity index (χ2n) is 6.77. The van der Waals surface area contributed by atoms with Gasteiger partial charge in [-0.15, -0.1) is 0 Å². The monoisotopic (exact) mass is 412 g/mol. The number of rotatable bonds is 6. The van der Waals surface area contributed by atoms with Gasteiger partial charge < -0.3 is 11.1 Å². The highest BCUT2D eigenvalue weighted by atomic mass is 19.4. The molecule has 0 aliphatic carbocycles. The highest BCUT2D eigenvalue weighted by Crippen LogP contribution is 2.29. The quantitative estimate of drug-likeness (QED) is 0.637. The summed E-state index contributed by atoms with van der Waals surface area (Å²) in [5, 5.41) is 2.43. The molecule has 154 valence electrons. The minimum absolute atomic E-state index is 0.120. The number of carbonyl (C=O) groups excluding carboxylic acids is 2. The predicted octanol–water partition coefficient (Wildman–Crippen LogP) is 4.20. The van der Waals surface area contributed by atoms with Crippen molar-refractivity contribution in [2.45, 2.75) is 18.6 Å². The van der Waals surface area contributed by atoms with E-state index in [9.17, 15) is 22.8 Å². The van der Waals surface area contributed by atoms with Crippen LogP contribution in [0.2, 0.25) is 0 Å². The first kappa shape index (κ1) is 21.1. The van der Waals surface area contributed by atoms with E-state index in [4.69, 9.17) is 5.73 Å². The summed E-state index contributed by atoms with van der Waals surface area (Å²) in [6.07, 6.45) is -4.45. The van der Waals surface area contributed by atoms with Gasteiger partial charge in [0.2, 0.25) is 5.91 Å². The number of hydrogen-bond donors (Lipinski definition) is 2. The molecule has 30 heavy (non-hydrogen) atoms. The summed E-state index contributed by atoms with van der Waals surface area (Å²) in [5.74, 6) is -1.58. The van der Waals surface area contributed by atoms with Crippen LogP contribution in [0.3, 0.4) is 0 Å². The first-order valence-corrected chi connectivity index (χ1v) is 9.16. The van der Waals surface area contributed by atoms with E-state index in [1.165, 1.54) is 6.07 Å². The Morgan fingerprint density at radius 3 is 2.10 bits per heavy atom. The summed E-state index contributed by atoms with van der Waals surface area (Å²) in [4.78, 5) is 24.2. The third-order valence-corrected chi connectivity index (χ3v) is 4.60. The topological polar surface area (TPSA) is 72.2 Å². The molecule has 0 saturated carbocycles. The fourth-order valence-corrected chi connectivity index (χ4v) is 3.00. The van der Waals surface area contributed by atoms with Crippen LogP contribution in [-0.4, -0.2) is 17.9 Å². The van der Waals surface area contributed by atoms with Gasteiger partial charge in [-0.3, -0.25) is 9.59 Å². The summed E-state index contributed by atoms with van der Waals surface area (Å²) in [7, 11) is 0. The van der Waals surface area contributed by atoms with Crippen molar-refractivity contribution in [2.24, 2.45) is 5.73 Å². The van der Waals surface area contributed by atoms with Gasteiger partial charge in [-0.25, -0.2) is 0 Å². The highest BCUT2D eigenvalue weighted by Gasteiger charge is 2.31. The van der Waals surface area contributed by atoms with Crippen LogP contribution < -0.4 is 11.1 Å². The average molecular weight is 412 g/mol. The molecule has 0 unspecified atom stereocenters. The van der Waals surface area contributed by atoms with Crippen LogP contribution >= 0.6 is 0 Å². The van der Waals surface area contributed by atoms with Crippen molar-refractivity contribution in [3.8, 4) is 11.1 Å². The van der Waals surface area contributed by atoms with E-state index in [1.54, 1.807) is 0 Å². The van der Waals surface area contributed by atoms with Crippen molar-refractivity contribution < 1.29 is 22.8 Å². The summed E-state index contributed by atoms with van der Waals surface area (Å²) in [5.41, 5.74) is 7.03.